The molecular weight excluding hydrogens is 190 g/mol. The second kappa shape index (κ2) is 3.29. The van der Waals surface area contributed by atoms with Gasteiger partial charge in [-0.3, -0.25) is 14.8 Å². The maximum Gasteiger partial charge on any atom is 0.337 e. The molecule has 1 N–H and O–H groups in total. The summed E-state index contributed by atoms with van der Waals surface area (Å²) < 4.78 is 1.11. The largest absolute Gasteiger partial charge is 0.478 e. The van der Waals surface area contributed by atoms with Crippen LogP contribution in [0.5, 0.6) is 0 Å². The predicted molar refractivity (Wildman–Crippen MR) is 46.5 cm³/mol. The predicted octanol–water partition coefficient (Wildman–Crippen LogP) is 0.426. The van der Waals surface area contributed by atoms with Crippen LogP contribution in [-0.4, -0.2) is 25.8 Å². The van der Waals surface area contributed by atoms with Crippen LogP contribution in [0.2, 0.25) is 0 Å². The summed E-state index contributed by atoms with van der Waals surface area (Å²) in [5.74, 6) is -1.31. The van der Waals surface area contributed by atoms with Crippen LogP contribution in [0.3, 0.4) is 0 Å². The van der Waals surface area contributed by atoms with Crippen molar-refractivity contribution in [3.8, 4) is 0 Å². The van der Waals surface area contributed by atoms with Gasteiger partial charge in [0.25, 0.3) is 0 Å². The van der Waals surface area contributed by atoms with Crippen molar-refractivity contribution in [1.29, 1.82) is 0 Å². The number of carboxylic acid groups (broad SMARTS) is 1. The Morgan fingerprint density at radius 1 is 1.79 bits per heavy atom. The van der Waals surface area contributed by atoms with E-state index < -0.39 is 10.9 Å². The smallest absolute Gasteiger partial charge is 0.337 e. The van der Waals surface area contributed by atoms with Crippen LogP contribution in [0, 0.1) is 10.1 Å². The average molecular weight is 197 g/mol. The third kappa shape index (κ3) is 1.47. The number of hydrogen-bond donors (Lipinski definition) is 1. The van der Waals surface area contributed by atoms with Crippen LogP contribution in [0.1, 0.15) is 5.69 Å². The molecule has 0 aromatic carbocycles. The molecule has 0 amide bonds. The third-order valence-electron chi connectivity index (χ3n) is 1.66. The van der Waals surface area contributed by atoms with E-state index in [9.17, 15) is 14.9 Å². The lowest BCUT2D eigenvalue weighted by atomic mass is 10.2. The van der Waals surface area contributed by atoms with E-state index in [1.165, 1.54) is 7.05 Å². The summed E-state index contributed by atoms with van der Waals surface area (Å²) in [6.45, 7) is 3.24. The molecule has 0 aliphatic heterocycles. The van der Waals surface area contributed by atoms with Crippen LogP contribution in [0.4, 0.5) is 5.69 Å². The first kappa shape index (κ1) is 9.90. The Balaban J connectivity index is 3.31. The number of rotatable bonds is 3. The highest BCUT2D eigenvalue weighted by Crippen LogP contribution is 2.23. The number of nitrogens with zero attached hydrogens (tertiary/aromatic N) is 3. The van der Waals surface area contributed by atoms with Gasteiger partial charge in [0.15, 0.2) is 5.69 Å². The molecule has 0 radical (unpaired) electrons. The molecule has 0 saturated carbocycles. The minimum atomic E-state index is -1.31. The summed E-state index contributed by atoms with van der Waals surface area (Å²) >= 11 is 0. The fourth-order valence-electron chi connectivity index (χ4n) is 1.01. The Hall–Kier alpha value is -2.18. The third-order valence-corrected chi connectivity index (χ3v) is 1.66. The van der Waals surface area contributed by atoms with Crippen molar-refractivity contribution in [1.82, 2.24) is 9.78 Å². The summed E-state index contributed by atoms with van der Waals surface area (Å²) in [6, 6.07) is 0. The lowest BCUT2D eigenvalue weighted by molar-refractivity contribution is -0.385. The van der Waals surface area contributed by atoms with Gasteiger partial charge in [-0.25, -0.2) is 4.79 Å². The number of nitro groups is 1. The van der Waals surface area contributed by atoms with E-state index in [-0.39, 0.29) is 17.0 Å². The number of aryl methyl sites for hydroxylation is 1. The number of carboxylic acids is 1. The van der Waals surface area contributed by atoms with E-state index in [0.29, 0.717) is 0 Å². The molecule has 1 heterocycles. The molecule has 0 atom stereocenters. The summed E-state index contributed by atoms with van der Waals surface area (Å²) in [6.07, 6.45) is 0.990. The molecule has 7 nitrogen and oxygen atoms in total. The summed E-state index contributed by atoms with van der Waals surface area (Å²) in [4.78, 5) is 20.3. The summed E-state index contributed by atoms with van der Waals surface area (Å²) in [5.41, 5.74) is -0.806. The zero-order valence-corrected chi connectivity index (χ0v) is 7.30. The van der Waals surface area contributed by atoms with Gasteiger partial charge in [0.05, 0.1) is 10.5 Å². The maximum atomic E-state index is 10.6. The standard InChI is InChI=1S/C7H7N3O4/c1-4(7(11)12)6-5(10(13)14)3-8-9(6)2/h3H,1H2,2H3,(H,11,12). The molecule has 0 spiro atoms. The monoisotopic (exact) mass is 197 g/mol. The number of aliphatic carboxylic acids is 1. The van der Waals surface area contributed by atoms with E-state index >= 15 is 0 Å². The zero-order chi connectivity index (χ0) is 10.9. The van der Waals surface area contributed by atoms with Gasteiger partial charge in [-0.05, 0) is 0 Å². The van der Waals surface area contributed by atoms with Gasteiger partial charge in [-0.1, -0.05) is 6.58 Å². The molecule has 1 aromatic rings. The van der Waals surface area contributed by atoms with Crippen molar-refractivity contribution in [2.75, 3.05) is 0 Å². The maximum absolute atomic E-state index is 10.6. The SMILES string of the molecule is C=C(C(=O)O)c1c([N+](=O)[O-])cnn1C. The van der Waals surface area contributed by atoms with E-state index in [4.69, 9.17) is 5.11 Å². The molecule has 0 bridgehead atoms. The minimum Gasteiger partial charge on any atom is -0.478 e. The Morgan fingerprint density at radius 3 is 2.79 bits per heavy atom. The fraction of sp³-hybridized carbons (Fsp3) is 0.143. The topological polar surface area (TPSA) is 98.3 Å². The van der Waals surface area contributed by atoms with Gasteiger partial charge in [0.2, 0.25) is 0 Å². The van der Waals surface area contributed by atoms with Crippen molar-refractivity contribution in [3.63, 3.8) is 0 Å². The highest BCUT2D eigenvalue weighted by Gasteiger charge is 2.24. The first-order valence-corrected chi connectivity index (χ1v) is 3.54. The molecule has 1 aromatic heterocycles. The normalized spacial score (nSPS) is 9.79. The van der Waals surface area contributed by atoms with Crippen molar-refractivity contribution >= 4 is 17.2 Å². The van der Waals surface area contributed by atoms with Crippen LogP contribution >= 0.6 is 0 Å². The van der Waals surface area contributed by atoms with Gasteiger partial charge in [0, 0.05) is 7.05 Å². The molecule has 0 unspecified atom stereocenters. The molecule has 14 heavy (non-hydrogen) atoms. The van der Waals surface area contributed by atoms with Crippen LogP contribution in [0.25, 0.3) is 5.57 Å². The second-order valence-corrected chi connectivity index (χ2v) is 2.54. The van der Waals surface area contributed by atoms with Crippen molar-refractivity contribution in [2.45, 2.75) is 0 Å². The van der Waals surface area contributed by atoms with Gasteiger partial charge in [-0.2, -0.15) is 5.10 Å². The lowest BCUT2D eigenvalue weighted by Crippen LogP contribution is -2.06. The lowest BCUT2D eigenvalue weighted by Gasteiger charge is -1.99. The van der Waals surface area contributed by atoms with E-state index in [1.54, 1.807) is 0 Å². The number of carbonyl (C=O) groups is 1. The fourth-order valence-corrected chi connectivity index (χ4v) is 1.01. The first-order chi connectivity index (χ1) is 6.45. The first-order valence-electron chi connectivity index (χ1n) is 3.54. The van der Waals surface area contributed by atoms with Crippen LogP contribution in [-0.2, 0) is 11.8 Å². The molecule has 0 fully saturated rings. The van der Waals surface area contributed by atoms with Gasteiger partial charge < -0.3 is 5.11 Å². The second-order valence-electron chi connectivity index (χ2n) is 2.54. The van der Waals surface area contributed by atoms with Crippen LogP contribution in [0.15, 0.2) is 12.8 Å². The molecule has 7 heteroatoms. The van der Waals surface area contributed by atoms with Gasteiger partial charge in [-0.15, -0.1) is 0 Å². The number of aromatic nitrogens is 2. The highest BCUT2D eigenvalue weighted by molar-refractivity contribution is 6.15. The van der Waals surface area contributed by atoms with Crippen LogP contribution < -0.4 is 0 Å². The number of hydrogen-bond acceptors (Lipinski definition) is 4. The summed E-state index contributed by atoms with van der Waals surface area (Å²) in [5, 5.41) is 22.7. The molecule has 1 rings (SSSR count). The van der Waals surface area contributed by atoms with Gasteiger partial charge >= 0.3 is 11.7 Å². The Morgan fingerprint density at radius 2 is 2.36 bits per heavy atom. The molecule has 0 aliphatic rings. The Kier molecular flexibility index (Phi) is 2.32. The Bertz CT molecular complexity index is 421. The molecule has 74 valence electrons. The molecule has 0 aliphatic carbocycles. The molecular formula is C7H7N3O4. The van der Waals surface area contributed by atoms with Gasteiger partial charge in [0.1, 0.15) is 6.20 Å². The quantitative estimate of drug-likeness (QED) is 0.430. The van der Waals surface area contributed by atoms with Crippen molar-refractivity contribution in [2.24, 2.45) is 7.05 Å². The highest BCUT2D eigenvalue weighted by atomic mass is 16.6. The van der Waals surface area contributed by atoms with Crippen molar-refractivity contribution in [3.05, 3.63) is 28.6 Å². The van der Waals surface area contributed by atoms with Crippen molar-refractivity contribution < 1.29 is 14.8 Å². The van der Waals surface area contributed by atoms with E-state index in [0.717, 1.165) is 10.9 Å². The zero-order valence-electron chi connectivity index (χ0n) is 7.30. The van der Waals surface area contributed by atoms with E-state index in [2.05, 4.69) is 11.7 Å². The minimum absolute atomic E-state index is 0.0949. The average Bonchev–Trinajstić information content (AvgIpc) is 2.45. The van der Waals surface area contributed by atoms with E-state index in [1.807, 2.05) is 0 Å². The molecule has 0 saturated heterocycles. The Labute approximate surface area is 78.4 Å². The summed E-state index contributed by atoms with van der Waals surface area (Å²) in [7, 11) is 1.41.